The number of ether oxygens (including phenoxy) is 1. The average Bonchev–Trinajstić information content (AvgIpc) is 3.66. The summed E-state index contributed by atoms with van der Waals surface area (Å²) in [5.41, 5.74) is -0.153. The van der Waals surface area contributed by atoms with E-state index in [2.05, 4.69) is 33.9 Å². The number of allylic oxidation sites excluding steroid dienone is 2. The third-order valence-corrected chi connectivity index (χ3v) is 12.3. The largest absolute Gasteiger partial charge is 0.456 e. The summed E-state index contributed by atoms with van der Waals surface area (Å²) in [6.07, 6.45) is 5.52. The summed E-state index contributed by atoms with van der Waals surface area (Å²) in [5, 5.41) is 10.3. The van der Waals surface area contributed by atoms with Gasteiger partial charge in [0.25, 0.3) is 17.7 Å². The van der Waals surface area contributed by atoms with Gasteiger partial charge in [0.2, 0.25) is 29.5 Å². The number of cyclic esters (lactones) is 1. The van der Waals surface area contributed by atoms with E-state index in [0.29, 0.717) is 42.9 Å². The SMILES string of the molecule is C/C=C1/NC(=O)[C@H](CS)NC(=O)[C@@H](C(C)C)NC(=O)C[C@H](/C=C/CCSC2CC(=O)N(CC3CCC(C(=O)ON4C(=O)CCC4=O)CC3)C2=O)OC(=O)[C@H](C(C)C)NC1=O. The van der Waals surface area contributed by atoms with E-state index in [9.17, 15) is 47.9 Å². The molecule has 0 aromatic heterocycles. The van der Waals surface area contributed by atoms with Crippen LogP contribution in [0, 0.1) is 23.7 Å². The maximum absolute atomic E-state index is 13.5. The Morgan fingerprint density at radius 3 is 2.12 bits per heavy atom. The van der Waals surface area contributed by atoms with E-state index in [4.69, 9.17) is 9.57 Å². The van der Waals surface area contributed by atoms with Crippen LogP contribution in [-0.4, -0.2) is 117 Å². The van der Waals surface area contributed by atoms with Crippen molar-refractivity contribution in [2.45, 2.75) is 122 Å². The zero-order valence-corrected chi connectivity index (χ0v) is 36.3. The van der Waals surface area contributed by atoms with E-state index in [-0.39, 0.29) is 61.4 Å². The van der Waals surface area contributed by atoms with Crippen molar-refractivity contribution in [3.05, 3.63) is 23.9 Å². The lowest BCUT2D eigenvalue weighted by Crippen LogP contribution is -2.57. The second-order valence-electron chi connectivity index (χ2n) is 15.9. The molecule has 3 saturated heterocycles. The van der Waals surface area contributed by atoms with Gasteiger partial charge in [-0.3, -0.25) is 43.3 Å². The molecule has 0 aromatic carbocycles. The standard InChI is InChI=1S/C40H56N6O12S2/c1-6-26-35(51)44-34(22(4)5)40(56)57-25(17-29(47)43-33(21(2)3)37(53)42-27(20-59)36(52)41-26)9-7-8-16-60-28-18-32(50)45(38(28)54)19-23-10-12-24(13-11-23)39(55)58-46-30(48)14-15-31(46)49/h6-7,9,21-25,27-28,33-34,59H,8,10-20H2,1-5H3,(H,41,52)(H,42,53)(H,43,47)(H,44,51)/b9-7+,26-6+/t23?,24?,25-,27-,28?,33+,34-/m0/s1. The molecule has 0 spiro atoms. The van der Waals surface area contributed by atoms with Gasteiger partial charge in [0, 0.05) is 31.6 Å². The Balaban J connectivity index is 1.35. The maximum Gasteiger partial charge on any atom is 0.336 e. The van der Waals surface area contributed by atoms with Crippen molar-refractivity contribution < 1.29 is 57.5 Å². The number of esters is 1. The van der Waals surface area contributed by atoms with Crippen molar-refractivity contribution >= 4 is 83.6 Å². The van der Waals surface area contributed by atoms with Crippen molar-refractivity contribution in [2.24, 2.45) is 23.7 Å². The first-order valence-corrected chi connectivity index (χ1v) is 22.0. The van der Waals surface area contributed by atoms with Crippen LogP contribution >= 0.6 is 24.4 Å². The van der Waals surface area contributed by atoms with Crippen LogP contribution in [0.25, 0.3) is 0 Å². The topological polar surface area (TPSA) is 244 Å². The summed E-state index contributed by atoms with van der Waals surface area (Å²) >= 11 is 5.50. The van der Waals surface area contributed by atoms with E-state index in [0.717, 1.165) is 0 Å². The molecule has 1 aliphatic carbocycles. The highest BCUT2D eigenvalue weighted by Gasteiger charge is 2.41. The van der Waals surface area contributed by atoms with Crippen molar-refractivity contribution in [1.82, 2.24) is 31.2 Å². The Kier molecular flexibility index (Phi) is 17.8. The fraction of sp³-hybridized carbons (Fsp3) is 0.650. The first-order chi connectivity index (χ1) is 28.4. The van der Waals surface area contributed by atoms with Crippen LogP contribution in [0.1, 0.15) is 92.4 Å². The molecule has 1 saturated carbocycles. The number of thioether (sulfide) groups is 1. The molecular weight excluding hydrogens is 821 g/mol. The maximum atomic E-state index is 13.5. The molecule has 3 aliphatic heterocycles. The number of carbonyl (C=O) groups is 10. The molecule has 5 atom stereocenters. The van der Waals surface area contributed by atoms with Crippen LogP contribution in [0.5, 0.6) is 0 Å². The molecule has 4 N–H and O–H groups in total. The summed E-state index contributed by atoms with van der Waals surface area (Å²) in [4.78, 5) is 135. The minimum Gasteiger partial charge on any atom is -0.456 e. The van der Waals surface area contributed by atoms with Crippen LogP contribution in [0.3, 0.4) is 0 Å². The molecule has 4 aliphatic rings. The highest BCUT2D eigenvalue weighted by Crippen LogP contribution is 2.33. The van der Waals surface area contributed by atoms with Gasteiger partial charge in [0.05, 0.1) is 17.6 Å². The minimum absolute atomic E-state index is 0.00992. The van der Waals surface area contributed by atoms with Gasteiger partial charge in [-0.05, 0) is 68.6 Å². The summed E-state index contributed by atoms with van der Waals surface area (Å²) in [6, 6.07) is -3.37. The highest BCUT2D eigenvalue weighted by molar-refractivity contribution is 8.00. The number of carbonyl (C=O) groups excluding carboxylic acids is 10. The van der Waals surface area contributed by atoms with Gasteiger partial charge in [-0.2, -0.15) is 12.6 Å². The molecule has 8 amide bonds. The number of nitrogens with one attached hydrogen (secondary N) is 4. The quantitative estimate of drug-likeness (QED) is 0.0464. The molecule has 4 fully saturated rings. The minimum atomic E-state index is -1.16. The first-order valence-electron chi connectivity index (χ1n) is 20.3. The average molecular weight is 877 g/mol. The number of thiol groups is 1. The molecule has 4 rings (SSSR count). The van der Waals surface area contributed by atoms with Crippen molar-refractivity contribution in [3.63, 3.8) is 0 Å². The Labute approximate surface area is 358 Å². The van der Waals surface area contributed by atoms with Gasteiger partial charge in [-0.25, -0.2) is 9.59 Å². The third-order valence-electron chi connectivity index (χ3n) is 10.7. The van der Waals surface area contributed by atoms with Crippen LogP contribution < -0.4 is 21.3 Å². The highest BCUT2D eigenvalue weighted by atomic mass is 32.2. The van der Waals surface area contributed by atoms with E-state index in [1.807, 2.05) is 0 Å². The lowest BCUT2D eigenvalue weighted by molar-refractivity contribution is -0.201. The number of hydrogen-bond donors (Lipinski definition) is 5. The molecular formula is C40H56N6O12S2. The molecule has 330 valence electrons. The predicted octanol–water partition coefficient (Wildman–Crippen LogP) is 1.24. The van der Waals surface area contributed by atoms with E-state index in [1.165, 1.54) is 35.7 Å². The summed E-state index contributed by atoms with van der Waals surface area (Å²) in [7, 11) is 0. The Bertz CT molecular complexity index is 1740. The van der Waals surface area contributed by atoms with Crippen LogP contribution in [-0.2, 0) is 57.5 Å². The van der Waals surface area contributed by atoms with Gasteiger partial charge in [-0.1, -0.05) is 39.8 Å². The van der Waals surface area contributed by atoms with E-state index < -0.39 is 94.6 Å². The smallest absolute Gasteiger partial charge is 0.336 e. The molecule has 0 aromatic rings. The molecule has 0 bridgehead atoms. The molecule has 3 heterocycles. The monoisotopic (exact) mass is 876 g/mol. The number of nitrogens with zero attached hydrogens (tertiary/aromatic N) is 2. The Morgan fingerprint density at radius 2 is 1.52 bits per heavy atom. The zero-order chi connectivity index (χ0) is 44.3. The van der Waals surface area contributed by atoms with Crippen molar-refractivity contribution in [2.75, 3.05) is 18.1 Å². The molecule has 18 nitrogen and oxygen atoms in total. The van der Waals surface area contributed by atoms with Crippen LogP contribution in [0.4, 0.5) is 0 Å². The Morgan fingerprint density at radius 1 is 0.867 bits per heavy atom. The number of amides is 8. The second kappa shape index (κ2) is 22.2. The lowest BCUT2D eigenvalue weighted by Gasteiger charge is -2.30. The van der Waals surface area contributed by atoms with Crippen molar-refractivity contribution in [3.8, 4) is 0 Å². The second-order valence-corrected chi connectivity index (χ2v) is 17.6. The van der Waals surface area contributed by atoms with Crippen LogP contribution in [0.15, 0.2) is 23.9 Å². The zero-order valence-electron chi connectivity index (χ0n) is 34.6. The summed E-state index contributed by atoms with van der Waals surface area (Å²) in [6.45, 7) is 8.56. The number of rotatable bonds is 12. The van der Waals surface area contributed by atoms with Gasteiger partial charge >= 0.3 is 11.9 Å². The first kappa shape index (κ1) is 48.0. The normalized spacial score (nSPS) is 28.7. The number of imide groups is 2. The fourth-order valence-electron chi connectivity index (χ4n) is 7.14. The molecule has 0 radical (unpaired) electrons. The number of hydroxylamine groups is 2. The Hall–Kier alpha value is -4.72. The van der Waals surface area contributed by atoms with Gasteiger partial charge in [0.1, 0.15) is 29.9 Å². The fourth-order valence-corrected chi connectivity index (χ4v) is 8.48. The summed E-state index contributed by atoms with van der Waals surface area (Å²) < 4.78 is 5.76. The lowest BCUT2D eigenvalue weighted by atomic mass is 9.82. The molecule has 60 heavy (non-hydrogen) atoms. The van der Waals surface area contributed by atoms with Gasteiger partial charge in [0.15, 0.2) is 0 Å². The third kappa shape index (κ3) is 12.9. The molecule has 1 unspecified atom stereocenters. The van der Waals surface area contributed by atoms with Crippen molar-refractivity contribution in [1.29, 1.82) is 0 Å². The van der Waals surface area contributed by atoms with Gasteiger partial charge < -0.3 is 30.8 Å². The predicted molar refractivity (Wildman–Crippen MR) is 220 cm³/mol. The molecule has 20 heteroatoms. The van der Waals surface area contributed by atoms with E-state index >= 15 is 0 Å². The van der Waals surface area contributed by atoms with Gasteiger partial charge in [-0.15, -0.1) is 16.8 Å². The van der Waals surface area contributed by atoms with E-state index in [1.54, 1.807) is 33.8 Å². The summed E-state index contributed by atoms with van der Waals surface area (Å²) in [5.74, 6) is -6.91. The number of hydrogen-bond acceptors (Lipinski definition) is 14. The van der Waals surface area contributed by atoms with Crippen LogP contribution in [0.2, 0.25) is 0 Å². The number of likely N-dealkylation sites (tertiary alicyclic amines) is 1.